The molecule has 0 N–H and O–H groups in total. The van der Waals surface area contributed by atoms with Crippen molar-refractivity contribution in [1.82, 2.24) is 0 Å². The van der Waals surface area contributed by atoms with Crippen LogP contribution in [0.2, 0.25) is 5.02 Å². The normalized spacial score (nSPS) is 10.8. The first-order valence-corrected chi connectivity index (χ1v) is 6.48. The van der Waals surface area contributed by atoms with Gasteiger partial charge in [-0.25, -0.2) is 9.69 Å². The van der Waals surface area contributed by atoms with Crippen molar-refractivity contribution < 1.29 is 14.3 Å². The summed E-state index contributed by atoms with van der Waals surface area (Å²) in [5.74, 6) is -0.512. The molecule has 0 atom stereocenters. The van der Waals surface area contributed by atoms with E-state index < -0.39 is 17.6 Å². The fraction of sp³-hybridized carbons (Fsp3) is 0.333. The van der Waals surface area contributed by atoms with Crippen molar-refractivity contribution >= 4 is 29.3 Å². The predicted octanol–water partition coefficient (Wildman–Crippen LogP) is 4.18. The first-order chi connectivity index (χ1) is 9.11. The van der Waals surface area contributed by atoms with Crippen LogP contribution in [0.25, 0.3) is 0 Å². The summed E-state index contributed by atoms with van der Waals surface area (Å²) >= 11 is 5.81. The molecule has 0 radical (unpaired) electrons. The van der Waals surface area contributed by atoms with Gasteiger partial charge in [-0.05, 0) is 52.0 Å². The number of nitrogens with zero attached hydrogens (tertiary/aromatic N) is 1. The lowest BCUT2D eigenvalue weighted by Gasteiger charge is -2.26. The van der Waals surface area contributed by atoms with Crippen LogP contribution < -0.4 is 4.90 Å². The number of carbonyl (C=O) groups excluding carboxylic acids is 2. The Morgan fingerprint density at radius 2 is 1.70 bits per heavy atom. The average Bonchev–Trinajstić information content (AvgIpc) is 2.29. The summed E-state index contributed by atoms with van der Waals surface area (Å²) in [5, 5.41) is 0.515. The van der Waals surface area contributed by atoms with Gasteiger partial charge in [0, 0.05) is 10.6 Å². The zero-order valence-electron chi connectivity index (χ0n) is 12.1. The summed E-state index contributed by atoms with van der Waals surface area (Å²) in [5.41, 5.74) is -0.0700. The Morgan fingerprint density at radius 3 is 2.10 bits per heavy atom. The zero-order valence-corrected chi connectivity index (χ0v) is 12.8. The fourth-order valence-corrected chi connectivity index (χ4v) is 1.52. The number of halogens is 1. The molecule has 0 bridgehead atoms. The van der Waals surface area contributed by atoms with E-state index >= 15 is 0 Å². The second kappa shape index (κ2) is 6.09. The standard InChI is InChI=1S/C15H18ClNO3/c1-10(2)13(18)17(14(19)20-15(3,4)5)12-8-6-11(16)7-9-12/h6-9H,1H2,2-5H3. The minimum absolute atomic E-state index is 0.241. The smallest absolute Gasteiger partial charge is 0.422 e. The van der Waals surface area contributed by atoms with Crippen molar-refractivity contribution in [2.45, 2.75) is 33.3 Å². The maximum absolute atomic E-state index is 12.2. The van der Waals surface area contributed by atoms with E-state index in [0.717, 1.165) is 4.90 Å². The summed E-state index contributed by atoms with van der Waals surface area (Å²) in [6.45, 7) is 10.3. The summed E-state index contributed by atoms with van der Waals surface area (Å²) < 4.78 is 5.25. The molecule has 4 nitrogen and oxygen atoms in total. The van der Waals surface area contributed by atoms with Gasteiger partial charge in [-0.15, -0.1) is 0 Å². The molecule has 0 heterocycles. The zero-order chi connectivity index (χ0) is 15.5. The molecular weight excluding hydrogens is 278 g/mol. The average molecular weight is 296 g/mol. The van der Waals surface area contributed by atoms with E-state index in [1.165, 1.54) is 6.92 Å². The largest absolute Gasteiger partial charge is 0.443 e. The van der Waals surface area contributed by atoms with Crippen LogP contribution in [0.1, 0.15) is 27.7 Å². The number of hydrogen-bond donors (Lipinski definition) is 0. The van der Waals surface area contributed by atoms with Crippen LogP contribution in [0, 0.1) is 0 Å². The molecule has 1 rings (SSSR count). The Bertz CT molecular complexity index is 529. The number of rotatable bonds is 2. The predicted molar refractivity (Wildman–Crippen MR) is 80.0 cm³/mol. The van der Waals surface area contributed by atoms with Crippen LogP contribution in [-0.4, -0.2) is 17.6 Å². The monoisotopic (exact) mass is 295 g/mol. The van der Waals surface area contributed by atoms with Crippen molar-refractivity contribution in [1.29, 1.82) is 0 Å². The lowest BCUT2D eigenvalue weighted by atomic mass is 10.2. The minimum atomic E-state index is -0.743. The SMILES string of the molecule is C=C(C)C(=O)N(C(=O)OC(C)(C)C)c1ccc(Cl)cc1. The Labute approximate surface area is 124 Å². The third-order valence-corrected chi connectivity index (χ3v) is 2.48. The number of amides is 2. The van der Waals surface area contributed by atoms with Crippen LogP contribution in [0.3, 0.4) is 0 Å². The molecule has 1 aromatic carbocycles. The van der Waals surface area contributed by atoms with Gasteiger partial charge in [-0.1, -0.05) is 18.2 Å². The van der Waals surface area contributed by atoms with E-state index in [0.29, 0.717) is 10.7 Å². The van der Waals surface area contributed by atoms with E-state index in [4.69, 9.17) is 16.3 Å². The molecule has 0 unspecified atom stereocenters. The molecule has 20 heavy (non-hydrogen) atoms. The highest BCUT2D eigenvalue weighted by molar-refractivity contribution is 6.30. The van der Waals surface area contributed by atoms with Gasteiger partial charge in [-0.3, -0.25) is 4.79 Å². The minimum Gasteiger partial charge on any atom is -0.443 e. The van der Waals surface area contributed by atoms with Crippen LogP contribution >= 0.6 is 11.6 Å². The van der Waals surface area contributed by atoms with E-state index in [9.17, 15) is 9.59 Å². The Morgan fingerprint density at radius 1 is 1.20 bits per heavy atom. The fourth-order valence-electron chi connectivity index (χ4n) is 1.39. The van der Waals surface area contributed by atoms with Gasteiger partial charge >= 0.3 is 6.09 Å². The van der Waals surface area contributed by atoms with Crippen molar-refractivity contribution in [3.8, 4) is 0 Å². The maximum atomic E-state index is 12.2. The van der Waals surface area contributed by atoms with E-state index in [-0.39, 0.29) is 5.57 Å². The van der Waals surface area contributed by atoms with Crippen molar-refractivity contribution in [3.63, 3.8) is 0 Å². The second-order valence-electron chi connectivity index (χ2n) is 5.38. The lowest BCUT2D eigenvalue weighted by molar-refractivity contribution is -0.114. The molecule has 108 valence electrons. The third-order valence-electron chi connectivity index (χ3n) is 2.23. The van der Waals surface area contributed by atoms with Gasteiger partial charge in [0.15, 0.2) is 0 Å². The summed E-state index contributed by atoms with van der Waals surface area (Å²) in [6.07, 6.45) is -0.743. The number of ether oxygens (including phenoxy) is 1. The Hall–Kier alpha value is -1.81. The Balaban J connectivity index is 3.15. The molecule has 0 saturated heterocycles. The highest BCUT2D eigenvalue weighted by atomic mass is 35.5. The van der Waals surface area contributed by atoms with Crippen molar-refractivity contribution in [3.05, 3.63) is 41.4 Å². The van der Waals surface area contributed by atoms with Gasteiger partial charge in [0.25, 0.3) is 5.91 Å². The first-order valence-electron chi connectivity index (χ1n) is 6.10. The molecule has 0 fully saturated rings. The molecule has 1 aromatic rings. The summed E-state index contributed by atoms with van der Waals surface area (Å²) in [7, 11) is 0. The van der Waals surface area contributed by atoms with Gasteiger partial charge in [-0.2, -0.15) is 0 Å². The lowest BCUT2D eigenvalue weighted by Crippen LogP contribution is -2.41. The van der Waals surface area contributed by atoms with E-state index in [1.807, 2.05) is 0 Å². The van der Waals surface area contributed by atoms with E-state index in [1.54, 1.807) is 45.0 Å². The molecule has 0 saturated carbocycles. The molecular formula is C15H18ClNO3. The molecule has 2 amide bonds. The molecule has 0 aromatic heterocycles. The second-order valence-corrected chi connectivity index (χ2v) is 5.81. The van der Waals surface area contributed by atoms with Gasteiger partial charge in [0.05, 0.1) is 5.69 Å². The quantitative estimate of drug-likeness (QED) is 0.769. The molecule has 0 aliphatic rings. The van der Waals surface area contributed by atoms with Gasteiger partial charge in [0.2, 0.25) is 0 Å². The van der Waals surface area contributed by atoms with Crippen LogP contribution in [-0.2, 0) is 9.53 Å². The van der Waals surface area contributed by atoms with Crippen LogP contribution in [0.15, 0.2) is 36.4 Å². The topological polar surface area (TPSA) is 46.6 Å². The number of carbonyl (C=O) groups is 2. The number of imide groups is 1. The first kappa shape index (κ1) is 16.2. The molecule has 0 aliphatic heterocycles. The van der Waals surface area contributed by atoms with Gasteiger partial charge in [0.1, 0.15) is 5.60 Å². The summed E-state index contributed by atoms with van der Waals surface area (Å²) in [6, 6.07) is 6.35. The highest BCUT2D eigenvalue weighted by Crippen LogP contribution is 2.22. The maximum Gasteiger partial charge on any atom is 0.422 e. The van der Waals surface area contributed by atoms with Crippen LogP contribution in [0.4, 0.5) is 10.5 Å². The van der Waals surface area contributed by atoms with Crippen LogP contribution in [0.5, 0.6) is 0 Å². The number of hydrogen-bond acceptors (Lipinski definition) is 3. The van der Waals surface area contributed by atoms with Gasteiger partial charge < -0.3 is 4.74 Å². The molecule has 0 aliphatic carbocycles. The summed E-state index contributed by atoms with van der Waals surface area (Å²) in [4.78, 5) is 25.3. The highest BCUT2D eigenvalue weighted by Gasteiger charge is 2.28. The van der Waals surface area contributed by atoms with E-state index in [2.05, 4.69) is 6.58 Å². The molecule has 5 heteroatoms. The van der Waals surface area contributed by atoms with Crippen molar-refractivity contribution in [2.75, 3.05) is 4.90 Å². The third kappa shape index (κ3) is 4.38. The number of anilines is 1. The Kier molecular flexibility index (Phi) is 4.95. The van der Waals surface area contributed by atoms with Crippen molar-refractivity contribution in [2.24, 2.45) is 0 Å². The molecule has 0 spiro atoms. The number of benzene rings is 1.